The van der Waals surface area contributed by atoms with Gasteiger partial charge in [0.2, 0.25) is 10.0 Å². The number of hydrogen-bond acceptors (Lipinski definition) is 4. The zero-order valence-corrected chi connectivity index (χ0v) is 12.3. The van der Waals surface area contributed by atoms with Gasteiger partial charge in [-0.3, -0.25) is 0 Å². The summed E-state index contributed by atoms with van der Waals surface area (Å²) in [7, 11) is -0.377. The molecule has 1 aliphatic heterocycles. The van der Waals surface area contributed by atoms with Gasteiger partial charge in [0, 0.05) is 19.8 Å². The fourth-order valence-electron chi connectivity index (χ4n) is 2.47. The Hall–Kier alpha value is -1.11. The van der Waals surface area contributed by atoms with Crippen LogP contribution in [-0.4, -0.2) is 43.5 Å². The highest BCUT2D eigenvalue weighted by Crippen LogP contribution is 2.34. The van der Waals surface area contributed by atoms with Crippen LogP contribution in [0.4, 0.5) is 5.69 Å². The number of sulfonamides is 1. The van der Waals surface area contributed by atoms with Gasteiger partial charge in [-0.05, 0) is 31.4 Å². The molecule has 0 bridgehead atoms. The summed E-state index contributed by atoms with van der Waals surface area (Å²) in [6.45, 7) is 1.92. The van der Waals surface area contributed by atoms with Crippen molar-refractivity contribution in [2.45, 2.75) is 31.4 Å². The highest BCUT2D eigenvalue weighted by atomic mass is 32.2. The van der Waals surface area contributed by atoms with Gasteiger partial charge in [-0.15, -0.1) is 0 Å². The topological polar surface area (TPSA) is 60.9 Å². The van der Waals surface area contributed by atoms with Gasteiger partial charge in [0.25, 0.3) is 0 Å². The molecule has 2 unspecified atom stereocenters. The van der Waals surface area contributed by atoms with Crippen LogP contribution in [0.3, 0.4) is 0 Å². The standard InChI is InChI=1S/C13H20N2O3S/c1-10-6-4-5-7-11(10)15-12(16)8-9-13(15)19(17,18)14(2)3/h4-7,12-13,16H,8-9H2,1-3H3. The molecule has 19 heavy (non-hydrogen) atoms. The molecule has 1 aromatic carbocycles. The Kier molecular flexibility index (Phi) is 3.85. The van der Waals surface area contributed by atoms with Gasteiger partial charge in [0.05, 0.1) is 0 Å². The summed E-state index contributed by atoms with van der Waals surface area (Å²) in [5.74, 6) is 0. The van der Waals surface area contributed by atoms with Gasteiger partial charge in [0.1, 0.15) is 11.6 Å². The maximum Gasteiger partial charge on any atom is 0.234 e. The van der Waals surface area contributed by atoms with Crippen LogP contribution in [0.15, 0.2) is 24.3 Å². The van der Waals surface area contributed by atoms with E-state index in [0.29, 0.717) is 12.8 Å². The maximum absolute atomic E-state index is 12.3. The van der Waals surface area contributed by atoms with Crippen LogP contribution in [0.25, 0.3) is 0 Å². The largest absolute Gasteiger partial charge is 0.374 e. The first-order valence-corrected chi connectivity index (χ1v) is 7.79. The Bertz CT molecular complexity index is 557. The van der Waals surface area contributed by atoms with Crippen LogP contribution in [0.2, 0.25) is 0 Å². The Morgan fingerprint density at radius 1 is 1.26 bits per heavy atom. The lowest BCUT2D eigenvalue weighted by Crippen LogP contribution is -2.45. The number of aryl methyl sites for hydroxylation is 1. The van der Waals surface area contributed by atoms with Crippen molar-refractivity contribution in [2.75, 3.05) is 19.0 Å². The van der Waals surface area contributed by atoms with E-state index in [1.807, 2.05) is 31.2 Å². The van der Waals surface area contributed by atoms with Crippen molar-refractivity contribution in [3.63, 3.8) is 0 Å². The molecule has 106 valence electrons. The summed E-state index contributed by atoms with van der Waals surface area (Å²) in [4.78, 5) is 1.62. The molecule has 1 aliphatic rings. The quantitative estimate of drug-likeness (QED) is 0.904. The third kappa shape index (κ3) is 2.48. The molecule has 0 amide bonds. The molecule has 0 spiro atoms. The minimum absolute atomic E-state index is 0.440. The Morgan fingerprint density at radius 2 is 1.89 bits per heavy atom. The third-order valence-corrected chi connectivity index (χ3v) is 5.72. The number of aliphatic hydroxyl groups excluding tert-OH is 1. The second-order valence-electron chi connectivity index (χ2n) is 5.03. The fraction of sp³-hybridized carbons (Fsp3) is 0.538. The van der Waals surface area contributed by atoms with Crippen molar-refractivity contribution in [1.82, 2.24) is 4.31 Å². The summed E-state index contributed by atoms with van der Waals surface area (Å²) in [6, 6.07) is 7.52. The molecule has 1 aromatic rings. The van der Waals surface area contributed by atoms with Gasteiger partial charge >= 0.3 is 0 Å². The number of hydrogen-bond donors (Lipinski definition) is 1. The smallest absolute Gasteiger partial charge is 0.234 e. The second kappa shape index (κ2) is 5.11. The average Bonchev–Trinajstić information content (AvgIpc) is 2.72. The predicted molar refractivity (Wildman–Crippen MR) is 75.3 cm³/mol. The van der Waals surface area contributed by atoms with E-state index >= 15 is 0 Å². The molecular formula is C13H20N2O3S. The van der Waals surface area contributed by atoms with Gasteiger partial charge in [-0.1, -0.05) is 18.2 Å². The molecule has 1 saturated heterocycles. The van der Waals surface area contributed by atoms with Crippen LogP contribution in [-0.2, 0) is 10.0 Å². The lowest BCUT2D eigenvalue weighted by Gasteiger charge is -2.32. The number of benzene rings is 1. The normalized spacial score (nSPS) is 24.2. The molecule has 2 atom stereocenters. The minimum atomic E-state index is -3.42. The van der Waals surface area contributed by atoms with E-state index in [0.717, 1.165) is 11.3 Å². The summed E-state index contributed by atoms with van der Waals surface area (Å²) in [5, 5.41) is 9.43. The van der Waals surface area contributed by atoms with Crippen molar-refractivity contribution in [1.29, 1.82) is 0 Å². The van der Waals surface area contributed by atoms with E-state index in [-0.39, 0.29) is 0 Å². The molecule has 0 aromatic heterocycles. The number of anilines is 1. The van der Waals surface area contributed by atoms with E-state index in [1.54, 1.807) is 4.90 Å². The van der Waals surface area contributed by atoms with E-state index in [2.05, 4.69) is 0 Å². The molecule has 1 N–H and O–H groups in total. The monoisotopic (exact) mass is 284 g/mol. The molecule has 6 heteroatoms. The van der Waals surface area contributed by atoms with Crippen LogP contribution in [0, 0.1) is 6.92 Å². The summed E-state index contributed by atoms with van der Waals surface area (Å²) < 4.78 is 25.9. The predicted octanol–water partition coefficient (Wildman–Crippen LogP) is 1.13. The lowest BCUT2D eigenvalue weighted by atomic mass is 10.2. The molecule has 1 fully saturated rings. The van der Waals surface area contributed by atoms with Crippen molar-refractivity contribution in [3.8, 4) is 0 Å². The molecule has 2 rings (SSSR count). The summed E-state index contributed by atoms with van der Waals surface area (Å²) in [5.41, 5.74) is 1.74. The zero-order valence-electron chi connectivity index (χ0n) is 11.4. The highest BCUT2D eigenvalue weighted by molar-refractivity contribution is 7.89. The van der Waals surface area contributed by atoms with E-state index < -0.39 is 21.6 Å². The highest BCUT2D eigenvalue weighted by Gasteiger charge is 2.42. The number of rotatable bonds is 3. The second-order valence-corrected chi connectivity index (χ2v) is 7.34. The average molecular weight is 284 g/mol. The van der Waals surface area contributed by atoms with Crippen molar-refractivity contribution in [3.05, 3.63) is 29.8 Å². The third-order valence-electron chi connectivity index (χ3n) is 3.55. The number of para-hydroxylation sites is 1. The molecule has 5 nitrogen and oxygen atoms in total. The van der Waals surface area contributed by atoms with Crippen LogP contribution >= 0.6 is 0 Å². The van der Waals surface area contributed by atoms with Gasteiger partial charge in [-0.2, -0.15) is 0 Å². The molecule has 0 aliphatic carbocycles. The van der Waals surface area contributed by atoms with Crippen LogP contribution in [0.5, 0.6) is 0 Å². The van der Waals surface area contributed by atoms with Gasteiger partial charge in [-0.25, -0.2) is 12.7 Å². The Balaban J connectivity index is 2.45. The van der Waals surface area contributed by atoms with E-state index in [1.165, 1.54) is 18.4 Å². The number of aliphatic hydroxyl groups is 1. The Morgan fingerprint density at radius 3 is 2.47 bits per heavy atom. The van der Waals surface area contributed by atoms with Gasteiger partial charge < -0.3 is 10.0 Å². The summed E-state index contributed by atoms with van der Waals surface area (Å²) in [6.07, 6.45) is 0.156. The fourth-order valence-corrected chi connectivity index (χ4v) is 3.93. The molecule has 0 radical (unpaired) electrons. The molecule has 0 saturated carbocycles. The van der Waals surface area contributed by atoms with E-state index in [9.17, 15) is 13.5 Å². The van der Waals surface area contributed by atoms with Crippen molar-refractivity contribution in [2.24, 2.45) is 0 Å². The van der Waals surface area contributed by atoms with Crippen molar-refractivity contribution >= 4 is 15.7 Å². The van der Waals surface area contributed by atoms with Crippen LogP contribution < -0.4 is 4.90 Å². The molecular weight excluding hydrogens is 264 g/mol. The molecule has 1 heterocycles. The van der Waals surface area contributed by atoms with Gasteiger partial charge in [0.15, 0.2) is 0 Å². The Labute approximate surface area is 114 Å². The van der Waals surface area contributed by atoms with Crippen molar-refractivity contribution < 1.29 is 13.5 Å². The zero-order chi connectivity index (χ0) is 14.2. The first-order valence-electron chi connectivity index (χ1n) is 6.29. The van der Waals surface area contributed by atoms with E-state index in [4.69, 9.17) is 0 Å². The first-order chi connectivity index (χ1) is 8.85. The lowest BCUT2D eigenvalue weighted by molar-refractivity contribution is 0.184. The SMILES string of the molecule is Cc1ccccc1N1C(O)CCC1S(=O)(=O)N(C)C. The number of nitrogens with zero attached hydrogens (tertiary/aromatic N) is 2. The minimum Gasteiger partial charge on any atom is -0.374 e. The maximum atomic E-state index is 12.3. The summed E-state index contributed by atoms with van der Waals surface area (Å²) >= 11 is 0. The van der Waals surface area contributed by atoms with Crippen LogP contribution in [0.1, 0.15) is 18.4 Å². The first kappa shape index (κ1) is 14.3.